The molecule has 1 aromatic heterocycles. The second kappa shape index (κ2) is 5.32. The van der Waals surface area contributed by atoms with Gasteiger partial charge in [-0.25, -0.2) is 4.79 Å². The summed E-state index contributed by atoms with van der Waals surface area (Å²) in [5.74, 6) is -1.39. The third-order valence-corrected chi connectivity index (χ3v) is 3.53. The first-order valence-electron chi connectivity index (χ1n) is 4.95. The topological polar surface area (TPSA) is 66.4 Å². The molecule has 6 heteroatoms. The van der Waals surface area contributed by atoms with Crippen molar-refractivity contribution in [2.75, 3.05) is 5.32 Å². The molecule has 4 nitrogen and oxygen atoms in total. The summed E-state index contributed by atoms with van der Waals surface area (Å²) < 4.78 is 0.791. The Morgan fingerprint density at radius 3 is 2.72 bits per heavy atom. The predicted octanol–water partition coefficient (Wildman–Crippen LogP) is 3.46. The van der Waals surface area contributed by atoms with Crippen LogP contribution in [0.15, 0.2) is 40.2 Å². The molecule has 18 heavy (non-hydrogen) atoms. The normalized spacial score (nSPS) is 10.1. The van der Waals surface area contributed by atoms with Gasteiger partial charge in [0.15, 0.2) is 0 Å². The molecule has 2 aromatic rings. The molecule has 0 aliphatic heterocycles. The maximum Gasteiger partial charge on any atom is 0.338 e. The molecule has 1 heterocycles. The highest BCUT2D eigenvalue weighted by atomic mass is 79.9. The lowest BCUT2D eigenvalue weighted by molar-refractivity contribution is 0.0698. The molecule has 0 radical (unpaired) electrons. The van der Waals surface area contributed by atoms with E-state index in [1.54, 1.807) is 23.6 Å². The molecule has 0 aliphatic rings. The maximum absolute atomic E-state index is 11.9. The molecule has 0 spiro atoms. The summed E-state index contributed by atoms with van der Waals surface area (Å²) in [5, 5.41) is 13.5. The minimum Gasteiger partial charge on any atom is -0.478 e. The number of carboxylic acids is 1. The Morgan fingerprint density at radius 2 is 2.06 bits per heavy atom. The molecule has 0 fully saturated rings. The third-order valence-electron chi connectivity index (χ3n) is 2.21. The van der Waals surface area contributed by atoms with Crippen molar-refractivity contribution in [2.45, 2.75) is 0 Å². The summed E-state index contributed by atoms with van der Waals surface area (Å²) >= 11 is 4.46. The fraction of sp³-hybridized carbons (Fsp3) is 0. The number of halogens is 1. The molecule has 92 valence electrons. The van der Waals surface area contributed by atoms with E-state index in [1.807, 2.05) is 6.07 Å². The van der Waals surface area contributed by atoms with Crippen LogP contribution in [-0.4, -0.2) is 17.0 Å². The Kier molecular flexibility index (Phi) is 3.78. The Labute approximate surface area is 115 Å². The predicted molar refractivity (Wildman–Crippen MR) is 73.4 cm³/mol. The second-order valence-electron chi connectivity index (χ2n) is 3.43. The number of nitrogens with one attached hydrogen (secondary N) is 1. The number of aromatic carboxylic acids is 1. The molecule has 0 unspecified atom stereocenters. The highest BCUT2D eigenvalue weighted by Crippen LogP contribution is 2.24. The van der Waals surface area contributed by atoms with E-state index in [-0.39, 0.29) is 11.5 Å². The van der Waals surface area contributed by atoms with Gasteiger partial charge in [0.05, 0.1) is 5.56 Å². The number of carbonyl (C=O) groups excluding carboxylic acids is 1. The van der Waals surface area contributed by atoms with Crippen LogP contribution in [0.4, 0.5) is 5.00 Å². The second-order valence-corrected chi connectivity index (χ2v) is 5.26. The number of rotatable bonds is 3. The number of amides is 1. The van der Waals surface area contributed by atoms with Gasteiger partial charge in [-0.3, -0.25) is 4.79 Å². The fourth-order valence-corrected chi connectivity index (χ4v) is 2.55. The minimum absolute atomic E-state index is 0.100. The van der Waals surface area contributed by atoms with E-state index in [0.29, 0.717) is 10.6 Å². The monoisotopic (exact) mass is 325 g/mol. The van der Waals surface area contributed by atoms with Crippen LogP contribution in [0.1, 0.15) is 20.7 Å². The number of benzene rings is 1. The lowest BCUT2D eigenvalue weighted by Gasteiger charge is -2.04. The van der Waals surface area contributed by atoms with Crippen molar-refractivity contribution in [3.63, 3.8) is 0 Å². The Balaban J connectivity index is 2.21. The molecule has 2 N–H and O–H groups in total. The first-order chi connectivity index (χ1) is 8.58. The largest absolute Gasteiger partial charge is 0.478 e. The highest BCUT2D eigenvalue weighted by Gasteiger charge is 2.14. The highest BCUT2D eigenvalue weighted by molar-refractivity contribution is 9.10. The van der Waals surface area contributed by atoms with Gasteiger partial charge in [0.2, 0.25) is 0 Å². The SMILES string of the molecule is O=C(Nc1sccc1C(=O)O)c1cccc(Br)c1. The molecule has 0 aliphatic carbocycles. The summed E-state index contributed by atoms with van der Waals surface area (Å²) in [6, 6.07) is 8.34. The zero-order valence-electron chi connectivity index (χ0n) is 9.01. The van der Waals surface area contributed by atoms with E-state index >= 15 is 0 Å². The quantitative estimate of drug-likeness (QED) is 0.908. The van der Waals surface area contributed by atoms with Gasteiger partial charge in [-0.05, 0) is 29.6 Å². The third kappa shape index (κ3) is 2.77. The zero-order valence-corrected chi connectivity index (χ0v) is 11.4. The van der Waals surface area contributed by atoms with E-state index in [1.165, 1.54) is 17.4 Å². The van der Waals surface area contributed by atoms with Crippen LogP contribution in [0.25, 0.3) is 0 Å². The first kappa shape index (κ1) is 12.8. The van der Waals surface area contributed by atoms with Crippen molar-refractivity contribution in [1.82, 2.24) is 0 Å². The Bertz CT molecular complexity index is 609. The van der Waals surface area contributed by atoms with Crippen LogP contribution in [-0.2, 0) is 0 Å². The van der Waals surface area contributed by atoms with E-state index < -0.39 is 5.97 Å². The number of anilines is 1. The van der Waals surface area contributed by atoms with Gasteiger partial charge in [-0.1, -0.05) is 22.0 Å². The number of carbonyl (C=O) groups is 2. The minimum atomic E-state index is -1.05. The Hall–Kier alpha value is -1.66. The van der Waals surface area contributed by atoms with Gasteiger partial charge in [0.25, 0.3) is 5.91 Å². The zero-order chi connectivity index (χ0) is 13.1. The molecule has 0 bridgehead atoms. The van der Waals surface area contributed by atoms with Crippen molar-refractivity contribution in [3.05, 3.63) is 51.3 Å². The average Bonchev–Trinajstić information content (AvgIpc) is 2.77. The lowest BCUT2D eigenvalue weighted by Crippen LogP contribution is -2.13. The van der Waals surface area contributed by atoms with Crippen molar-refractivity contribution in [1.29, 1.82) is 0 Å². The maximum atomic E-state index is 11.9. The van der Waals surface area contributed by atoms with Crippen molar-refractivity contribution >= 4 is 44.1 Å². The van der Waals surface area contributed by atoms with Crippen LogP contribution >= 0.6 is 27.3 Å². The summed E-state index contributed by atoms with van der Waals surface area (Å²) in [6.07, 6.45) is 0. The lowest BCUT2D eigenvalue weighted by atomic mass is 10.2. The average molecular weight is 326 g/mol. The van der Waals surface area contributed by atoms with Crippen molar-refractivity contribution < 1.29 is 14.7 Å². The van der Waals surface area contributed by atoms with Gasteiger partial charge < -0.3 is 10.4 Å². The molecule has 0 saturated carbocycles. The molecule has 2 rings (SSSR count). The van der Waals surface area contributed by atoms with Crippen LogP contribution in [0.3, 0.4) is 0 Å². The standard InChI is InChI=1S/C12H8BrNO3S/c13-8-3-1-2-7(6-8)10(15)14-11-9(12(16)17)4-5-18-11/h1-6H,(H,14,15)(H,16,17). The van der Waals surface area contributed by atoms with Gasteiger partial charge >= 0.3 is 5.97 Å². The van der Waals surface area contributed by atoms with Gasteiger partial charge in [0.1, 0.15) is 5.00 Å². The van der Waals surface area contributed by atoms with Crippen LogP contribution in [0, 0.1) is 0 Å². The molecular formula is C12H8BrNO3S. The number of carboxylic acid groups (broad SMARTS) is 1. The molecule has 1 aromatic carbocycles. The molecule has 0 atom stereocenters. The van der Waals surface area contributed by atoms with Gasteiger partial charge in [-0.2, -0.15) is 0 Å². The smallest absolute Gasteiger partial charge is 0.338 e. The number of hydrogen-bond donors (Lipinski definition) is 2. The fourth-order valence-electron chi connectivity index (χ4n) is 1.38. The summed E-state index contributed by atoms with van der Waals surface area (Å²) in [6.45, 7) is 0. The molecular weight excluding hydrogens is 318 g/mol. The van der Waals surface area contributed by atoms with Gasteiger partial charge in [-0.15, -0.1) is 11.3 Å². The summed E-state index contributed by atoms with van der Waals surface area (Å²) in [5.41, 5.74) is 0.567. The number of thiophene rings is 1. The van der Waals surface area contributed by atoms with E-state index in [0.717, 1.165) is 4.47 Å². The molecule has 0 saturated heterocycles. The van der Waals surface area contributed by atoms with E-state index in [4.69, 9.17) is 5.11 Å². The summed E-state index contributed by atoms with van der Waals surface area (Å²) in [7, 11) is 0. The van der Waals surface area contributed by atoms with E-state index in [2.05, 4.69) is 21.2 Å². The van der Waals surface area contributed by atoms with E-state index in [9.17, 15) is 9.59 Å². The molecule has 1 amide bonds. The van der Waals surface area contributed by atoms with Crippen LogP contribution < -0.4 is 5.32 Å². The number of hydrogen-bond acceptors (Lipinski definition) is 3. The van der Waals surface area contributed by atoms with Crippen LogP contribution in [0.2, 0.25) is 0 Å². The summed E-state index contributed by atoms with van der Waals surface area (Å²) in [4.78, 5) is 22.8. The van der Waals surface area contributed by atoms with Crippen LogP contribution in [0.5, 0.6) is 0 Å². The first-order valence-corrected chi connectivity index (χ1v) is 6.63. The van der Waals surface area contributed by atoms with Crippen molar-refractivity contribution in [2.24, 2.45) is 0 Å². The Morgan fingerprint density at radius 1 is 1.28 bits per heavy atom. The van der Waals surface area contributed by atoms with Crippen molar-refractivity contribution in [3.8, 4) is 0 Å². The van der Waals surface area contributed by atoms with Gasteiger partial charge in [0, 0.05) is 10.0 Å².